The third-order valence-electron chi connectivity index (χ3n) is 3.29. The molecule has 1 heterocycles. The maximum Gasteiger partial charge on any atom is 0.228 e. The van der Waals surface area contributed by atoms with E-state index < -0.39 is 11.6 Å². The number of anilines is 1. The van der Waals surface area contributed by atoms with Gasteiger partial charge in [0.2, 0.25) is 11.2 Å². The lowest BCUT2D eigenvalue weighted by Crippen LogP contribution is -2.26. The van der Waals surface area contributed by atoms with Crippen LogP contribution in [0.5, 0.6) is 0 Å². The molecule has 0 unspecified atom stereocenters. The summed E-state index contributed by atoms with van der Waals surface area (Å²) in [7, 11) is 0. The van der Waals surface area contributed by atoms with E-state index in [2.05, 4.69) is 20.3 Å². The topological polar surface area (TPSA) is 70.9 Å². The van der Waals surface area contributed by atoms with Crippen molar-refractivity contribution < 1.29 is 13.9 Å². The number of aliphatic hydroxyl groups excluding tert-OH is 1. The van der Waals surface area contributed by atoms with Gasteiger partial charge in [-0.2, -0.15) is 15.0 Å². The number of aliphatic hydroxyl groups is 1. The van der Waals surface area contributed by atoms with Crippen LogP contribution in [0.25, 0.3) is 0 Å². The number of hydrogen-bond acceptors (Lipinski definition) is 6. The van der Waals surface area contributed by atoms with Crippen molar-refractivity contribution in [3.05, 3.63) is 40.7 Å². The molecule has 0 saturated heterocycles. The predicted molar refractivity (Wildman–Crippen MR) is 94.7 cm³/mol. The Bertz CT molecular complexity index is 721. The molecule has 5 nitrogen and oxygen atoms in total. The minimum absolute atomic E-state index is 0.0130. The Morgan fingerprint density at radius 1 is 1.24 bits per heavy atom. The van der Waals surface area contributed by atoms with Crippen molar-refractivity contribution in [1.82, 2.24) is 15.0 Å². The van der Waals surface area contributed by atoms with E-state index in [1.165, 1.54) is 12.1 Å². The van der Waals surface area contributed by atoms with E-state index in [9.17, 15) is 13.9 Å². The zero-order chi connectivity index (χ0) is 18.4. The number of halogens is 3. The van der Waals surface area contributed by atoms with Gasteiger partial charge in [0.05, 0.1) is 12.6 Å². The van der Waals surface area contributed by atoms with Crippen LogP contribution >= 0.6 is 23.4 Å². The Hall–Kier alpha value is -1.51. The van der Waals surface area contributed by atoms with Crippen LogP contribution in [0.1, 0.15) is 25.8 Å². The van der Waals surface area contributed by atoms with Crippen molar-refractivity contribution in [2.75, 3.05) is 11.9 Å². The Kier molecular flexibility index (Phi) is 7.34. The van der Waals surface area contributed by atoms with Gasteiger partial charge in [-0.3, -0.25) is 0 Å². The highest BCUT2D eigenvalue weighted by molar-refractivity contribution is 7.98. The molecule has 0 aliphatic carbocycles. The Balaban J connectivity index is 2.09. The van der Waals surface area contributed by atoms with E-state index in [0.29, 0.717) is 5.92 Å². The molecule has 0 aliphatic rings. The van der Waals surface area contributed by atoms with Crippen LogP contribution in [0, 0.1) is 17.6 Å². The van der Waals surface area contributed by atoms with Crippen LogP contribution in [0.4, 0.5) is 14.7 Å². The fraction of sp³-hybridized carbons (Fsp3) is 0.438. The standard InChI is InChI=1S/C16H19ClF2N4OS/c1-9(2)6-11(7-24)20-15-21-14(17)22-16(23-15)25-8-10-4-3-5-12(18)13(10)19/h3-5,9,11,24H,6-8H2,1-2H3,(H,20,21,22,23)/t11-/m1/s1. The molecular formula is C16H19ClF2N4OS. The van der Waals surface area contributed by atoms with Crippen LogP contribution in [-0.2, 0) is 5.75 Å². The molecule has 25 heavy (non-hydrogen) atoms. The first-order chi connectivity index (χ1) is 11.9. The average molecular weight is 389 g/mol. The molecule has 136 valence electrons. The fourth-order valence-electron chi connectivity index (χ4n) is 2.19. The summed E-state index contributed by atoms with van der Waals surface area (Å²) >= 11 is 7.03. The fourth-order valence-corrected chi connectivity index (χ4v) is 3.21. The molecule has 0 bridgehead atoms. The highest BCUT2D eigenvalue weighted by atomic mass is 35.5. The van der Waals surface area contributed by atoms with Crippen LogP contribution < -0.4 is 5.32 Å². The van der Waals surface area contributed by atoms with Gasteiger partial charge in [-0.1, -0.05) is 37.7 Å². The normalized spacial score (nSPS) is 12.4. The van der Waals surface area contributed by atoms with Crippen LogP contribution in [0.2, 0.25) is 5.28 Å². The SMILES string of the molecule is CC(C)C[C@H](CO)Nc1nc(Cl)nc(SCc2cccc(F)c2F)n1. The molecule has 2 rings (SSSR count). The van der Waals surface area contributed by atoms with E-state index >= 15 is 0 Å². The van der Waals surface area contributed by atoms with Gasteiger partial charge in [-0.05, 0) is 30.0 Å². The van der Waals surface area contributed by atoms with Crippen LogP contribution in [-0.4, -0.2) is 32.7 Å². The van der Waals surface area contributed by atoms with E-state index in [1.807, 2.05) is 13.8 Å². The molecule has 9 heteroatoms. The summed E-state index contributed by atoms with van der Waals surface area (Å²) in [5.74, 6) is -1.01. The minimum Gasteiger partial charge on any atom is -0.394 e. The summed E-state index contributed by atoms with van der Waals surface area (Å²) in [4.78, 5) is 12.2. The van der Waals surface area contributed by atoms with Crippen molar-refractivity contribution >= 4 is 29.3 Å². The number of benzene rings is 1. The average Bonchev–Trinajstić information content (AvgIpc) is 2.54. The largest absolute Gasteiger partial charge is 0.394 e. The quantitative estimate of drug-likeness (QED) is 0.668. The maximum atomic E-state index is 13.7. The molecule has 1 aromatic carbocycles. The molecule has 1 aromatic heterocycles. The summed E-state index contributed by atoms with van der Waals surface area (Å²) in [6, 6.07) is 3.80. The second kappa shape index (κ2) is 9.26. The lowest BCUT2D eigenvalue weighted by Gasteiger charge is -2.18. The van der Waals surface area contributed by atoms with Gasteiger partial charge in [0, 0.05) is 11.3 Å². The number of rotatable bonds is 8. The van der Waals surface area contributed by atoms with Gasteiger partial charge >= 0.3 is 0 Å². The van der Waals surface area contributed by atoms with E-state index in [1.54, 1.807) is 0 Å². The zero-order valence-corrected chi connectivity index (χ0v) is 15.4. The van der Waals surface area contributed by atoms with E-state index in [0.717, 1.165) is 24.2 Å². The number of nitrogens with zero attached hydrogens (tertiary/aromatic N) is 3. The van der Waals surface area contributed by atoms with Gasteiger partial charge in [0.15, 0.2) is 16.8 Å². The molecule has 0 saturated carbocycles. The highest BCUT2D eigenvalue weighted by Crippen LogP contribution is 2.24. The van der Waals surface area contributed by atoms with Crippen LogP contribution in [0.15, 0.2) is 23.4 Å². The molecule has 2 N–H and O–H groups in total. The molecular weight excluding hydrogens is 370 g/mol. The first-order valence-corrected chi connectivity index (χ1v) is 9.10. The maximum absolute atomic E-state index is 13.7. The summed E-state index contributed by atoms with van der Waals surface area (Å²) in [6.45, 7) is 4.01. The van der Waals surface area contributed by atoms with Gasteiger partial charge in [-0.15, -0.1) is 0 Å². The predicted octanol–water partition coefficient (Wildman–Crippen LogP) is 3.91. The molecule has 0 radical (unpaired) electrons. The van der Waals surface area contributed by atoms with Gasteiger partial charge in [0.1, 0.15) is 0 Å². The smallest absolute Gasteiger partial charge is 0.228 e. The van der Waals surface area contributed by atoms with Gasteiger partial charge in [0.25, 0.3) is 0 Å². The number of thioether (sulfide) groups is 1. The summed E-state index contributed by atoms with van der Waals surface area (Å²) < 4.78 is 26.9. The van der Waals surface area contributed by atoms with Crippen molar-refractivity contribution in [2.45, 2.75) is 37.2 Å². The lowest BCUT2D eigenvalue weighted by atomic mass is 10.0. The number of hydrogen-bond donors (Lipinski definition) is 2. The molecule has 2 aromatic rings. The molecule has 0 aliphatic heterocycles. The lowest BCUT2D eigenvalue weighted by molar-refractivity contribution is 0.259. The second-order valence-corrected chi connectivity index (χ2v) is 7.15. The first-order valence-electron chi connectivity index (χ1n) is 7.73. The third-order valence-corrected chi connectivity index (χ3v) is 4.35. The summed E-state index contributed by atoms with van der Waals surface area (Å²) in [5.41, 5.74) is 0.212. The van der Waals surface area contributed by atoms with Crippen molar-refractivity contribution in [1.29, 1.82) is 0 Å². The summed E-state index contributed by atoms with van der Waals surface area (Å²) in [6.07, 6.45) is 0.733. The van der Waals surface area contributed by atoms with Crippen molar-refractivity contribution in [3.63, 3.8) is 0 Å². The third kappa shape index (κ3) is 6.05. The van der Waals surface area contributed by atoms with Gasteiger partial charge in [-0.25, -0.2) is 8.78 Å². The number of nitrogens with one attached hydrogen (secondary N) is 1. The first kappa shape index (κ1) is 19.8. The number of aromatic nitrogens is 3. The zero-order valence-electron chi connectivity index (χ0n) is 13.8. The second-order valence-electron chi connectivity index (χ2n) is 5.87. The summed E-state index contributed by atoms with van der Waals surface area (Å²) in [5, 5.41) is 12.7. The van der Waals surface area contributed by atoms with Crippen molar-refractivity contribution in [2.24, 2.45) is 5.92 Å². The highest BCUT2D eigenvalue weighted by Gasteiger charge is 2.14. The van der Waals surface area contributed by atoms with E-state index in [-0.39, 0.29) is 40.4 Å². The monoisotopic (exact) mass is 388 g/mol. The van der Waals surface area contributed by atoms with Crippen molar-refractivity contribution in [3.8, 4) is 0 Å². The Labute approximate surface area is 154 Å². The van der Waals surface area contributed by atoms with Gasteiger partial charge < -0.3 is 10.4 Å². The minimum atomic E-state index is -0.895. The Morgan fingerprint density at radius 3 is 2.68 bits per heavy atom. The Morgan fingerprint density at radius 2 is 2.00 bits per heavy atom. The molecule has 0 amide bonds. The van der Waals surface area contributed by atoms with E-state index in [4.69, 9.17) is 11.6 Å². The molecule has 0 spiro atoms. The molecule has 1 atom stereocenters. The molecule has 0 fully saturated rings. The van der Waals surface area contributed by atoms with Crippen LogP contribution in [0.3, 0.4) is 0 Å².